The summed E-state index contributed by atoms with van der Waals surface area (Å²) in [5, 5.41) is 2.76. The lowest BCUT2D eigenvalue weighted by Gasteiger charge is -2.34. The van der Waals surface area contributed by atoms with Crippen molar-refractivity contribution >= 4 is 39.3 Å². The predicted molar refractivity (Wildman–Crippen MR) is 133 cm³/mol. The van der Waals surface area contributed by atoms with Crippen LogP contribution in [0.1, 0.15) is 24.8 Å². The van der Waals surface area contributed by atoms with Gasteiger partial charge in [0, 0.05) is 28.6 Å². The van der Waals surface area contributed by atoms with Gasteiger partial charge >= 0.3 is 0 Å². The Bertz CT molecular complexity index is 1620. The van der Waals surface area contributed by atoms with Crippen LogP contribution < -0.4 is 15.8 Å². The second-order valence-corrected chi connectivity index (χ2v) is 10.8. The number of halogens is 5. The van der Waals surface area contributed by atoms with Crippen LogP contribution in [-0.2, 0) is 12.1 Å². The molecule has 4 aromatic rings. The first-order chi connectivity index (χ1) is 18.6. The van der Waals surface area contributed by atoms with Crippen LogP contribution in [-0.4, -0.2) is 31.3 Å². The summed E-state index contributed by atoms with van der Waals surface area (Å²) in [6.45, 7) is 1.45. The van der Waals surface area contributed by atoms with Crippen LogP contribution in [0, 0.1) is 23.4 Å². The van der Waals surface area contributed by atoms with Crippen LogP contribution in [0.25, 0.3) is 10.9 Å². The number of pyridine rings is 2. The zero-order valence-electron chi connectivity index (χ0n) is 20.1. The summed E-state index contributed by atoms with van der Waals surface area (Å²) in [7, 11) is 0. The summed E-state index contributed by atoms with van der Waals surface area (Å²) in [6, 6.07) is 3.55. The van der Waals surface area contributed by atoms with Crippen molar-refractivity contribution in [2.75, 3.05) is 5.32 Å². The fraction of sp³-hybridized carbons (Fsp3) is 0.280. The molecule has 14 heteroatoms. The number of oxazole rings is 1. The molecule has 3 atom stereocenters. The predicted octanol–water partition coefficient (Wildman–Crippen LogP) is 5.66. The van der Waals surface area contributed by atoms with Crippen molar-refractivity contribution in [3.05, 3.63) is 72.0 Å². The lowest BCUT2D eigenvalue weighted by molar-refractivity contribution is 0.123. The highest BCUT2D eigenvalue weighted by Gasteiger charge is 2.71. The molecular weight excluding hydrogens is 543 g/mol. The number of alkyl halides is 2. The maximum Gasteiger partial charge on any atom is 0.253 e. The zero-order valence-corrected chi connectivity index (χ0v) is 20.9. The van der Waals surface area contributed by atoms with Crippen LogP contribution in [0.4, 0.5) is 33.5 Å². The maximum atomic E-state index is 15.1. The molecule has 0 saturated heterocycles. The molecule has 202 valence electrons. The molecule has 0 bridgehead atoms. The number of hydrogen-bond acceptors (Lipinski definition) is 9. The second kappa shape index (κ2) is 9.07. The Morgan fingerprint density at radius 1 is 1.15 bits per heavy atom. The first-order valence-corrected chi connectivity index (χ1v) is 12.5. The number of nitrogens with zero attached hydrogens (tertiary/aromatic N) is 4. The quantitative estimate of drug-likeness (QED) is 0.278. The SMILES string of the molecule is C[C@@]1(c2cc(Nc3ncc(F)c4cc(OCc5ncco5)cnc34)cc(F)c2F)N=C(N)S[C@@]2(C(F)F)C[C@@H]12. The minimum absolute atomic E-state index is 0.00621. The van der Waals surface area contributed by atoms with Crippen LogP contribution in [0.5, 0.6) is 5.75 Å². The van der Waals surface area contributed by atoms with Gasteiger partial charge in [0.15, 0.2) is 35.0 Å². The van der Waals surface area contributed by atoms with Gasteiger partial charge in [0.05, 0.1) is 28.9 Å². The molecular formula is C25H19F5N6O2S. The van der Waals surface area contributed by atoms with E-state index in [2.05, 4.69) is 25.3 Å². The van der Waals surface area contributed by atoms with Crippen LogP contribution in [0.15, 0.2) is 52.5 Å². The molecule has 0 unspecified atom stereocenters. The topological polar surface area (TPSA) is 111 Å². The molecule has 1 aliphatic carbocycles. The molecule has 1 aliphatic heterocycles. The third kappa shape index (κ3) is 4.22. The number of aliphatic imine (C=N–C) groups is 1. The molecule has 8 nitrogen and oxygen atoms in total. The Labute approximate surface area is 221 Å². The number of hydrogen-bond donors (Lipinski definition) is 2. The van der Waals surface area contributed by atoms with Gasteiger partial charge in [0.1, 0.15) is 17.5 Å². The molecule has 39 heavy (non-hydrogen) atoms. The summed E-state index contributed by atoms with van der Waals surface area (Å²) in [6.07, 6.45) is 2.45. The Kier molecular flexibility index (Phi) is 5.90. The van der Waals surface area contributed by atoms with Crippen LogP contribution in [0.3, 0.4) is 0 Å². The molecule has 4 heterocycles. The number of ether oxygens (including phenoxy) is 1. The Morgan fingerprint density at radius 2 is 1.97 bits per heavy atom. The number of fused-ring (bicyclic) bond motifs is 2. The van der Waals surface area contributed by atoms with Crippen LogP contribution >= 0.6 is 11.8 Å². The highest BCUT2D eigenvalue weighted by atomic mass is 32.2. The van der Waals surface area contributed by atoms with E-state index >= 15 is 4.39 Å². The Hall–Kier alpha value is -3.94. The van der Waals surface area contributed by atoms with Gasteiger partial charge in [-0.15, -0.1) is 0 Å². The van der Waals surface area contributed by atoms with Gasteiger partial charge in [0.25, 0.3) is 6.43 Å². The van der Waals surface area contributed by atoms with E-state index in [0.717, 1.165) is 24.0 Å². The lowest BCUT2D eigenvalue weighted by Crippen LogP contribution is -2.39. The number of anilines is 2. The number of nitrogens with two attached hydrogens (primary N) is 1. The summed E-state index contributed by atoms with van der Waals surface area (Å²) in [5.41, 5.74) is 4.21. The molecule has 0 amide bonds. The fourth-order valence-electron chi connectivity index (χ4n) is 4.98. The number of aromatic nitrogens is 3. The Morgan fingerprint density at radius 3 is 2.72 bits per heavy atom. The molecule has 2 aliphatic rings. The highest BCUT2D eigenvalue weighted by Crippen LogP contribution is 2.68. The minimum atomic E-state index is -2.72. The van der Waals surface area contributed by atoms with Crippen molar-refractivity contribution in [1.29, 1.82) is 0 Å². The van der Waals surface area contributed by atoms with Crippen LogP contribution in [0.2, 0.25) is 0 Å². The van der Waals surface area contributed by atoms with E-state index in [-0.39, 0.29) is 51.9 Å². The summed E-state index contributed by atoms with van der Waals surface area (Å²) < 4.78 is 81.5. The van der Waals surface area contributed by atoms with Gasteiger partial charge in [-0.25, -0.2) is 36.9 Å². The summed E-state index contributed by atoms with van der Waals surface area (Å²) in [5.74, 6) is -3.30. The van der Waals surface area contributed by atoms with Crippen molar-refractivity contribution in [2.45, 2.75) is 36.7 Å². The number of amidine groups is 1. The fourth-order valence-corrected chi connectivity index (χ4v) is 6.32. The summed E-state index contributed by atoms with van der Waals surface area (Å²) in [4.78, 5) is 16.5. The highest BCUT2D eigenvalue weighted by molar-refractivity contribution is 8.15. The van der Waals surface area contributed by atoms with Gasteiger partial charge in [-0.3, -0.25) is 4.99 Å². The standard InChI is InChI=1S/C25H19F5N6O2S/c1-24(17-7-25(17,22(29)30)39-23(31)36-24)14-4-11(5-15(26)19(14)28)35-21-20-13(16(27)9-34-21)6-12(8-33-20)38-10-18-32-2-3-37-18/h2-6,8-9,17,22H,7,10H2,1H3,(H2,31,36)(H,34,35)/t17-,24-,25-/m0/s1. The molecule has 1 aromatic carbocycles. The normalized spacial score (nSPS) is 24.0. The maximum absolute atomic E-state index is 15.1. The first kappa shape index (κ1) is 25.3. The van der Waals surface area contributed by atoms with Crippen molar-refractivity contribution in [2.24, 2.45) is 16.6 Å². The monoisotopic (exact) mass is 562 g/mol. The van der Waals surface area contributed by atoms with Crippen molar-refractivity contribution in [3.63, 3.8) is 0 Å². The van der Waals surface area contributed by atoms with Crippen molar-refractivity contribution < 1.29 is 31.1 Å². The summed E-state index contributed by atoms with van der Waals surface area (Å²) >= 11 is 0.764. The minimum Gasteiger partial charge on any atom is -0.482 e. The molecule has 3 N–H and O–H groups in total. The molecule has 0 spiro atoms. The largest absolute Gasteiger partial charge is 0.482 e. The van der Waals surface area contributed by atoms with E-state index in [1.54, 1.807) is 0 Å². The second-order valence-electron chi connectivity index (χ2n) is 9.39. The van der Waals surface area contributed by atoms with E-state index in [0.29, 0.717) is 5.89 Å². The van der Waals surface area contributed by atoms with Gasteiger partial charge in [-0.05, 0) is 25.5 Å². The van der Waals surface area contributed by atoms with E-state index < -0.39 is 40.1 Å². The van der Waals surface area contributed by atoms with Gasteiger partial charge in [0.2, 0.25) is 5.89 Å². The Balaban J connectivity index is 1.34. The molecule has 1 fully saturated rings. The van der Waals surface area contributed by atoms with E-state index in [1.807, 2.05) is 0 Å². The van der Waals surface area contributed by atoms with Crippen molar-refractivity contribution in [1.82, 2.24) is 15.0 Å². The molecule has 6 rings (SSSR count). The van der Waals surface area contributed by atoms with Crippen molar-refractivity contribution in [3.8, 4) is 5.75 Å². The smallest absolute Gasteiger partial charge is 0.253 e. The van der Waals surface area contributed by atoms with Gasteiger partial charge in [-0.2, -0.15) is 0 Å². The van der Waals surface area contributed by atoms with E-state index in [1.165, 1.54) is 37.7 Å². The average Bonchev–Trinajstić information content (AvgIpc) is 3.43. The van der Waals surface area contributed by atoms with Gasteiger partial charge in [-0.1, -0.05) is 11.8 Å². The van der Waals surface area contributed by atoms with E-state index in [4.69, 9.17) is 14.9 Å². The first-order valence-electron chi connectivity index (χ1n) is 11.6. The number of rotatable bonds is 7. The van der Waals surface area contributed by atoms with Gasteiger partial charge < -0.3 is 20.2 Å². The zero-order chi connectivity index (χ0) is 27.5. The number of thioether (sulfide) groups is 1. The molecule has 3 aromatic heterocycles. The lowest BCUT2D eigenvalue weighted by atomic mass is 9.85. The number of benzene rings is 1. The average molecular weight is 563 g/mol. The molecule has 0 radical (unpaired) electrons. The molecule has 1 saturated carbocycles. The number of nitrogens with one attached hydrogen (secondary N) is 1. The third-order valence-electron chi connectivity index (χ3n) is 6.97. The third-order valence-corrected chi connectivity index (χ3v) is 8.28. The van der Waals surface area contributed by atoms with E-state index in [9.17, 15) is 17.6 Å².